The Balaban J connectivity index is 2.25. The van der Waals surface area contributed by atoms with Gasteiger partial charge in [-0.3, -0.25) is 0 Å². The van der Waals surface area contributed by atoms with Crippen LogP contribution in [0.1, 0.15) is 49.2 Å². The van der Waals surface area contributed by atoms with Crippen LogP contribution in [0.5, 0.6) is 0 Å². The van der Waals surface area contributed by atoms with Crippen LogP contribution in [-0.2, 0) is 18.4 Å². The van der Waals surface area contributed by atoms with Crippen LogP contribution in [0.3, 0.4) is 0 Å². The Hall–Kier alpha value is -0.410. The first-order chi connectivity index (χ1) is 7.13. The molecule has 0 fully saturated rings. The summed E-state index contributed by atoms with van der Waals surface area (Å²) in [6.45, 7) is 7.59. The molecule has 15 heavy (non-hydrogen) atoms. The van der Waals surface area contributed by atoms with E-state index in [1.165, 1.54) is 41.3 Å². The van der Waals surface area contributed by atoms with Crippen molar-refractivity contribution in [2.75, 3.05) is 6.54 Å². The largest absolute Gasteiger partial charge is 0.306 e. The van der Waals surface area contributed by atoms with E-state index in [1.54, 1.807) is 0 Å². The topological polar surface area (TPSA) is 24.9 Å². The summed E-state index contributed by atoms with van der Waals surface area (Å²) in [4.78, 5) is 6.33. The fourth-order valence-corrected chi connectivity index (χ4v) is 3.37. The molecule has 0 bridgehead atoms. The van der Waals surface area contributed by atoms with Crippen LogP contribution >= 0.6 is 11.3 Å². The smallest absolute Gasteiger partial charge is 0.113 e. The lowest BCUT2D eigenvalue weighted by molar-refractivity contribution is 0.413. The van der Waals surface area contributed by atoms with Gasteiger partial charge in [-0.25, -0.2) is 4.98 Å². The molecule has 1 aromatic heterocycles. The van der Waals surface area contributed by atoms with Gasteiger partial charge < -0.3 is 5.32 Å². The molecule has 0 aromatic carbocycles. The zero-order chi connectivity index (χ0) is 10.9. The molecule has 1 aromatic rings. The van der Waals surface area contributed by atoms with E-state index in [1.807, 2.05) is 11.3 Å². The van der Waals surface area contributed by atoms with E-state index in [0.29, 0.717) is 0 Å². The van der Waals surface area contributed by atoms with Crippen LogP contribution in [0.25, 0.3) is 0 Å². The molecule has 1 N–H and O–H groups in total. The van der Waals surface area contributed by atoms with Crippen molar-refractivity contribution in [3.63, 3.8) is 0 Å². The molecule has 84 valence electrons. The summed E-state index contributed by atoms with van der Waals surface area (Å²) in [5, 5.41) is 4.76. The summed E-state index contributed by atoms with van der Waals surface area (Å²) < 4.78 is 0. The Bertz CT molecular complexity index is 318. The minimum absolute atomic E-state index is 0.0384. The number of thiazole rings is 1. The molecular formula is C12H20N2S. The normalized spacial score (nSPS) is 16.5. The van der Waals surface area contributed by atoms with Gasteiger partial charge in [0.15, 0.2) is 0 Å². The molecule has 1 aliphatic rings. The molecule has 0 saturated carbocycles. The van der Waals surface area contributed by atoms with Crippen LogP contribution in [0.4, 0.5) is 0 Å². The van der Waals surface area contributed by atoms with Gasteiger partial charge in [0.25, 0.3) is 0 Å². The Morgan fingerprint density at radius 3 is 2.73 bits per heavy atom. The number of aryl methyl sites for hydroxylation is 2. The van der Waals surface area contributed by atoms with Crippen LogP contribution in [-0.4, -0.2) is 11.5 Å². The lowest BCUT2D eigenvalue weighted by Crippen LogP contribution is -2.36. The molecule has 0 unspecified atom stereocenters. The summed E-state index contributed by atoms with van der Waals surface area (Å²) in [7, 11) is 0. The number of nitrogens with one attached hydrogen (secondary N) is 1. The first-order valence-electron chi connectivity index (χ1n) is 5.87. The summed E-state index contributed by atoms with van der Waals surface area (Å²) >= 11 is 1.91. The molecule has 3 heteroatoms. The van der Waals surface area contributed by atoms with Crippen molar-refractivity contribution in [1.29, 1.82) is 0 Å². The SMILES string of the molecule is CCNC(C)(C)c1nc2c(s1)CCCC2. The summed E-state index contributed by atoms with van der Waals surface area (Å²) in [5.41, 5.74) is 1.41. The van der Waals surface area contributed by atoms with E-state index in [0.717, 1.165) is 6.54 Å². The molecule has 0 amide bonds. The lowest BCUT2D eigenvalue weighted by Gasteiger charge is -2.22. The zero-order valence-corrected chi connectivity index (χ0v) is 10.7. The van der Waals surface area contributed by atoms with Gasteiger partial charge in [-0.15, -0.1) is 11.3 Å². The lowest BCUT2D eigenvalue weighted by atomic mass is 10.0. The third-order valence-corrected chi connectivity index (χ3v) is 4.48. The average Bonchev–Trinajstić information content (AvgIpc) is 2.61. The van der Waals surface area contributed by atoms with Gasteiger partial charge in [-0.1, -0.05) is 6.92 Å². The third-order valence-electron chi connectivity index (χ3n) is 3.00. The van der Waals surface area contributed by atoms with E-state index in [9.17, 15) is 0 Å². The predicted molar refractivity (Wildman–Crippen MR) is 65.5 cm³/mol. The maximum absolute atomic E-state index is 4.80. The molecule has 0 aliphatic heterocycles. The molecule has 1 heterocycles. The zero-order valence-electron chi connectivity index (χ0n) is 9.89. The van der Waals surface area contributed by atoms with E-state index in [4.69, 9.17) is 4.98 Å². The highest BCUT2D eigenvalue weighted by Crippen LogP contribution is 2.32. The van der Waals surface area contributed by atoms with Crippen LogP contribution in [0, 0.1) is 0 Å². The molecule has 0 atom stereocenters. The molecule has 0 radical (unpaired) electrons. The Morgan fingerprint density at radius 2 is 2.07 bits per heavy atom. The second kappa shape index (κ2) is 4.22. The summed E-state index contributed by atoms with van der Waals surface area (Å²) in [6, 6.07) is 0. The van der Waals surface area contributed by atoms with Gasteiger partial charge in [-0.05, 0) is 46.1 Å². The van der Waals surface area contributed by atoms with Gasteiger partial charge in [0.2, 0.25) is 0 Å². The van der Waals surface area contributed by atoms with Crippen LogP contribution < -0.4 is 5.32 Å². The fraction of sp³-hybridized carbons (Fsp3) is 0.750. The highest BCUT2D eigenvalue weighted by Gasteiger charge is 2.25. The number of nitrogens with zero attached hydrogens (tertiary/aromatic N) is 1. The number of fused-ring (bicyclic) bond motifs is 1. The first-order valence-corrected chi connectivity index (χ1v) is 6.69. The maximum atomic E-state index is 4.80. The van der Waals surface area contributed by atoms with Crippen molar-refractivity contribution in [2.24, 2.45) is 0 Å². The molecule has 0 saturated heterocycles. The number of hydrogen-bond donors (Lipinski definition) is 1. The number of hydrogen-bond acceptors (Lipinski definition) is 3. The van der Waals surface area contributed by atoms with Gasteiger partial charge in [0.05, 0.1) is 11.2 Å². The predicted octanol–water partition coefficient (Wildman–Crippen LogP) is 2.87. The second-order valence-electron chi connectivity index (χ2n) is 4.75. The Morgan fingerprint density at radius 1 is 1.33 bits per heavy atom. The fourth-order valence-electron chi connectivity index (χ4n) is 2.14. The van der Waals surface area contributed by atoms with Crippen molar-refractivity contribution in [3.05, 3.63) is 15.6 Å². The van der Waals surface area contributed by atoms with Crippen molar-refractivity contribution in [1.82, 2.24) is 10.3 Å². The standard InChI is InChI=1S/C12H20N2S/c1-4-13-12(2,3)11-14-9-7-5-6-8-10(9)15-11/h13H,4-8H2,1-3H3. The Labute approximate surface area is 96.1 Å². The van der Waals surface area contributed by atoms with Crippen molar-refractivity contribution in [2.45, 2.75) is 52.0 Å². The molecule has 2 nitrogen and oxygen atoms in total. The highest BCUT2D eigenvalue weighted by atomic mass is 32.1. The summed E-state index contributed by atoms with van der Waals surface area (Å²) in [5.74, 6) is 0. The van der Waals surface area contributed by atoms with Crippen molar-refractivity contribution < 1.29 is 0 Å². The van der Waals surface area contributed by atoms with E-state index in [2.05, 4.69) is 26.1 Å². The average molecular weight is 224 g/mol. The number of rotatable bonds is 3. The number of aromatic nitrogens is 1. The maximum Gasteiger partial charge on any atom is 0.113 e. The van der Waals surface area contributed by atoms with Crippen LogP contribution in [0.15, 0.2) is 0 Å². The van der Waals surface area contributed by atoms with Gasteiger partial charge in [-0.2, -0.15) is 0 Å². The summed E-state index contributed by atoms with van der Waals surface area (Å²) in [6.07, 6.45) is 5.09. The minimum atomic E-state index is 0.0384. The first kappa shape index (κ1) is 11.1. The van der Waals surface area contributed by atoms with Crippen molar-refractivity contribution in [3.8, 4) is 0 Å². The third kappa shape index (κ3) is 2.23. The van der Waals surface area contributed by atoms with Crippen LogP contribution in [0.2, 0.25) is 0 Å². The van der Waals surface area contributed by atoms with Gasteiger partial charge >= 0.3 is 0 Å². The monoisotopic (exact) mass is 224 g/mol. The quantitative estimate of drug-likeness (QED) is 0.854. The molecule has 1 aliphatic carbocycles. The van der Waals surface area contributed by atoms with E-state index in [-0.39, 0.29) is 5.54 Å². The van der Waals surface area contributed by atoms with Gasteiger partial charge in [0.1, 0.15) is 5.01 Å². The van der Waals surface area contributed by atoms with E-state index < -0.39 is 0 Å². The molecule has 0 spiro atoms. The Kier molecular flexibility index (Phi) is 3.12. The second-order valence-corrected chi connectivity index (χ2v) is 5.83. The van der Waals surface area contributed by atoms with Gasteiger partial charge in [0, 0.05) is 4.88 Å². The van der Waals surface area contributed by atoms with E-state index >= 15 is 0 Å². The highest BCUT2D eigenvalue weighted by molar-refractivity contribution is 7.11. The molecular weight excluding hydrogens is 204 g/mol. The van der Waals surface area contributed by atoms with Crippen molar-refractivity contribution >= 4 is 11.3 Å². The minimum Gasteiger partial charge on any atom is -0.306 e. The molecule has 2 rings (SSSR count).